The Balaban J connectivity index is 1.50. The van der Waals surface area contributed by atoms with E-state index in [0.29, 0.717) is 44.8 Å². The number of ether oxygens (including phenoxy) is 1. The van der Waals surface area contributed by atoms with Crippen molar-refractivity contribution >= 4 is 22.3 Å². The Morgan fingerprint density at radius 3 is 2.52 bits per heavy atom. The molecule has 0 radical (unpaired) electrons. The summed E-state index contributed by atoms with van der Waals surface area (Å²) in [6.07, 6.45) is 6.64. The quantitative estimate of drug-likeness (QED) is 0.341. The summed E-state index contributed by atoms with van der Waals surface area (Å²) in [5.41, 5.74) is 3.90. The Labute approximate surface area is 228 Å². The smallest absolute Gasteiger partial charge is 0.316 e. The fraction of sp³-hybridized carbons (Fsp3) is 0.133. The minimum absolute atomic E-state index is 0.222. The Bertz CT molecular complexity index is 1930. The van der Waals surface area contributed by atoms with E-state index in [1.807, 2.05) is 61.5 Å². The molecule has 2 aromatic carbocycles. The van der Waals surface area contributed by atoms with Crippen LogP contribution in [0.1, 0.15) is 34.7 Å². The molecule has 1 atom stereocenters. The van der Waals surface area contributed by atoms with Gasteiger partial charge in [0.15, 0.2) is 5.65 Å². The van der Waals surface area contributed by atoms with Gasteiger partial charge >= 0.3 is 6.01 Å². The number of aryl methyl sites for hydroxylation is 1. The summed E-state index contributed by atoms with van der Waals surface area (Å²) >= 11 is 0. The first-order valence-corrected chi connectivity index (χ1v) is 12.7. The predicted octanol–water partition coefficient (Wildman–Crippen LogP) is 4.30. The van der Waals surface area contributed by atoms with Gasteiger partial charge in [-0.05, 0) is 49.1 Å². The first kappa shape index (κ1) is 24.9. The van der Waals surface area contributed by atoms with Gasteiger partial charge in [0.2, 0.25) is 0 Å². The van der Waals surface area contributed by atoms with Crippen LogP contribution < -0.4 is 15.6 Å². The number of hydrogen-bond acceptors (Lipinski definition) is 7. The van der Waals surface area contributed by atoms with Crippen molar-refractivity contribution in [3.8, 4) is 22.8 Å². The van der Waals surface area contributed by atoms with Crippen LogP contribution in [0.3, 0.4) is 0 Å². The van der Waals surface area contributed by atoms with Gasteiger partial charge in [-0.3, -0.25) is 14.2 Å². The number of nitrogens with one attached hydrogen (secondary N) is 1. The highest BCUT2D eigenvalue weighted by atomic mass is 16.5. The number of hydrogen-bond donors (Lipinski definition) is 1. The lowest BCUT2D eigenvalue weighted by Gasteiger charge is -2.21. The average molecular weight is 532 g/mol. The summed E-state index contributed by atoms with van der Waals surface area (Å²) < 4.78 is 8.31. The number of aromatic nitrogens is 6. The summed E-state index contributed by atoms with van der Waals surface area (Å²) in [5.74, 6) is -0.324. The number of pyridine rings is 1. The van der Waals surface area contributed by atoms with E-state index in [4.69, 9.17) is 4.74 Å². The van der Waals surface area contributed by atoms with Crippen LogP contribution in [0.15, 0.2) is 90.2 Å². The molecule has 40 heavy (non-hydrogen) atoms. The Kier molecular flexibility index (Phi) is 6.27. The van der Waals surface area contributed by atoms with E-state index in [2.05, 4.69) is 25.4 Å². The number of rotatable bonds is 6. The summed E-state index contributed by atoms with van der Waals surface area (Å²) in [7, 11) is 1.50. The van der Waals surface area contributed by atoms with Gasteiger partial charge in [0.1, 0.15) is 5.56 Å². The van der Waals surface area contributed by atoms with Crippen molar-refractivity contribution in [2.75, 3.05) is 7.11 Å². The van der Waals surface area contributed by atoms with Crippen LogP contribution in [0.25, 0.3) is 33.2 Å². The van der Waals surface area contributed by atoms with E-state index in [9.17, 15) is 9.59 Å². The monoisotopic (exact) mass is 531 g/mol. The lowest BCUT2D eigenvalue weighted by molar-refractivity contribution is 0.0939. The van der Waals surface area contributed by atoms with Crippen LogP contribution in [0, 0.1) is 6.92 Å². The fourth-order valence-electron chi connectivity index (χ4n) is 4.95. The van der Waals surface area contributed by atoms with Crippen LogP contribution in [0.5, 0.6) is 6.01 Å². The number of fused-ring (bicyclic) bond motifs is 2. The molecule has 4 aromatic heterocycles. The molecule has 0 aliphatic rings. The van der Waals surface area contributed by atoms with Gasteiger partial charge in [0.25, 0.3) is 11.5 Å². The normalized spacial score (nSPS) is 12.0. The molecule has 6 rings (SSSR count). The maximum Gasteiger partial charge on any atom is 0.316 e. The van der Waals surface area contributed by atoms with E-state index < -0.39 is 6.04 Å². The molecule has 0 saturated carbocycles. The van der Waals surface area contributed by atoms with E-state index >= 15 is 0 Å². The molecular weight excluding hydrogens is 506 g/mol. The molecule has 0 unspecified atom stereocenters. The van der Waals surface area contributed by atoms with Crippen LogP contribution in [0.2, 0.25) is 0 Å². The molecule has 10 heteroatoms. The number of carbonyl (C=O) groups is 1. The Hall–Kier alpha value is -5.38. The van der Waals surface area contributed by atoms with Gasteiger partial charge in [-0.2, -0.15) is 5.10 Å². The lowest BCUT2D eigenvalue weighted by Crippen LogP contribution is -2.32. The minimum Gasteiger partial charge on any atom is -0.467 e. The van der Waals surface area contributed by atoms with Crippen LogP contribution in [0.4, 0.5) is 0 Å². The van der Waals surface area contributed by atoms with Crippen molar-refractivity contribution < 1.29 is 9.53 Å². The van der Waals surface area contributed by atoms with E-state index in [0.717, 1.165) is 5.39 Å². The SMILES string of the molecule is COc1ncc(-c2cccc3cc([C@H](C)NC(=O)c4c(C)nn5cccnc45)n(-c4ccccc4)c(=O)c23)cn1. The number of benzene rings is 2. The molecule has 0 saturated heterocycles. The van der Waals surface area contributed by atoms with E-state index in [-0.39, 0.29) is 17.5 Å². The summed E-state index contributed by atoms with van der Waals surface area (Å²) in [6.45, 7) is 3.63. The summed E-state index contributed by atoms with van der Waals surface area (Å²) in [4.78, 5) is 40.6. The zero-order chi connectivity index (χ0) is 27.8. The Morgan fingerprint density at radius 2 is 1.77 bits per heavy atom. The first-order valence-electron chi connectivity index (χ1n) is 12.7. The first-order chi connectivity index (χ1) is 19.5. The van der Waals surface area contributed by atoms with E-state index in [1.165, 1.54) is 7.11 Å². The second-order valence-electron chi connectivity index (χ2n) is 9.32. The maximum absolute atomic E-state index is 14.3. The third kappa shape index (κ3) is 4.25. The molecule has 1 amide bonds. The predicted molar refractivity (Wildman–Crippen MR) is 151 cm³/mol. The van der Waals surface area contributed by atoms with E-state index in [1.54, 1.807) is 46.9 Å². The van der Waals surface area contributed by atoms with Crippen molar-refractivity contribution in [3.05, 3.63) is 113 Å². The number of amides is 1. The van der Waals surface area contributed by atoms with Gasteiger partial charge in [0, 0.05) is 41.7 Å². The van der Waals surface area contributed by atoms with Crippen LogP contribution >= 0.6 is 0 Å². The van der Waals surface area contributed by atoms with Gasteiger partial charge in [0.05, 0.1) is 24.2 Å². The van der Waals surface area contributed by atoms with Crippen molar-refractivity contribution in [2.45, 2.75) is 19.9 Å². The highest BCUT2D eigenvalue weighted by Crippen LogP contribution is 2.29. The van der Waals surface area contributed by atoms with Crippen LogP contribution in [-0.2, 0) is 0 Å². The third-order valence-corrected chi connectivity index (χ3v) is 6.80. The molecule has 0 aliphatic heterocycles. The number of carbonyl (C=O) groups excluding carboxylic acids is 1. The molecule has 4 heterocycles. The number of para-hydroxylation sites is 1. The van der Waals surface area contributed by atoms with Gasteiger partial charge in [-0.25, -0.2) is 19.5 Å². The van der Waals surface area contributed by atoms with Crippen LogP contribution in [-0.4, -0.2) is 42.2 Å². The van der Waals surface area contributed by atoms with Crippen molar-refractivity contribution in [2.24, 2.45) is 0 Å². The maximum atomic E-state index is 14.3. The number of nitrogens with zero attached hydrogens (tertiary/aromatic N) is 6. The molecule has 0 spiro atoms. The van der Waals surface area contributed by atoms with Gasteiger partial charge in [-0.15, -0.1) is 0 Å². The zero-order valence-electron chi connectivity index (χ0n) is 22.1. The second kappa shape index (κ2) is 10.1. The zero-order valence-corrected chi connectivity index (χ0v) is 22.1. The molecule has 10 nitrogen and oxygen atoms in total. The highest BCUT2D eigenvalue weighted by molar-refractivity contribution is 6.01. The average Bonchev–Trinajstić information content (AvgIpc) is 3.33. The van der Waals surface area contributed by atoms with Crippen molar-refractivity contribution in [1.82, 2.24) is 34.4 Å². The van der Waals surface area contributed by atoms with Gasteiger partial charge in [-0.1, -0.05) is 36.4 Å². The molecular formula is C30H25N7O3. The molecule has 0 fully saturated rings. The molecule has 6 aromatic rings. The standard InChI is InChI=1S/C30H25N7O3/c1-18(34-28(38)25-19(2)35-36-14-8-13-31-27(25)36)24-15-20-9-7-12-23(21-16-32-30(40-3)33-17-21)26(20)29(39)37(24)22-10-5-4-6-11-22/h4-18H,1-3H3,(H,34,38)/t18-/m0/s1. The second-order valence-corrected chi connectivity index (χ2v) is 9.32. The lowest BCUT2D eigenvalue weighted by atomic mass is 9.99. The van der Waals surface area contributed by atoms with Crippen molar-refractivity contribution in [3.63, 3.8) is 0 Å². The third-order valence-electron chi connectivity index (χ3n) is 6.80. The van der Waals surface area contributed by atoms with Crippen molar-refractivity contribution in [1.29, 1.82) is 0 Å². The van der Waals surface area contributed by atoms with Gasteiger partial charge < -0.3 is 10.1 Å². The highest BCUT2D eigenvalue weighted by Gasteiger charge is 2.23. The number of methoxy groups -OCH3 is 1. The minimum atomic E-state index is -0.532. The molecule has 0 bridgehead atoms. The molecule has 1 N–H and O–H groups in total. The topological polar surface area (TPSA) is 116 Å². The largest absolute Gasteiger partial charge is 0.467 e. The summed E-state index contributed by atoms with van der Waals surface area (Å²) in [6, 6.07) is 18.4. The molecule has 0 aliphatic carbocycles. The Morgan fingerprint density at radius 1 is 1.00 bits per heavy atom. The fourth-order valence-corrected chi connectivity index (χ4v) is 4.95. The molecule has 198 valence electrons. The summed E-state index contributed by atoms with van der Waals surface area (Å²) in [5, 5.41) is 8.72.